The molecule has 1 heterocycles. The maximum atomic E-state index is 4.68. The van der Waals surface area contributed by atoms with Crippen LogP contribution >= 0.6 is 31.9 Å². The number of halogens is 2. The lowest BCUT2D eigenvalue weighted by atomic mass is 9.79. The Balaban J connectivity index is 2.01. The molecular weight excluding hydrogens is 392 g/mol. The van der Waals surface area contributed by atoms with Gasteiger partial charge in [0.2, 0.25) is 0 Å². The van der Waals surface area contributed by atoms with Crippen molar-refractivity contribution >= 4 is 31.9 Å². The Hall–Kier alpha value is -0.710. The molecule has 0 saturated heterocycles. The van der Waals surface area contributed by atoms with Crippen molar-refractivity contribution in [1.82, 2.24) is 10.3 Å². The number of hydrogen-bond acceptors (Lipinski definition) is 2. The van der Waals surface area contributed by atoms with E-state index < -0.39 is 0 Å². The maximum Gasteiger partial charge on any atom is 0.0485 e. The molecule has 0 spiro atoms. The molecule has 110 valence electrons. The highest BCUT2D eigenvalue weighted by molar-refractivity contribution is 9.11. The Morgan fingerprint density at radius 2 is 2.14 bits per heavy atom. The van der Waals surface area contributed by atoms with Gasteiger partial charge in [0.05, 0.1) is 0 Å². The van der Waals surface area contributed by atoms with Gasteiger partial charge in [0.1, 0.15) is 0 Å². The standard InChI is InChI=1S/C17H18Br2N2/c1-20-17(13-8-7-12(18)10-15(13)19)14-6-2-4-11-5-3-9-21-16(11)14/h3,5,7-10,14,17,20H,2,4,6H2,1H3. The summed E-state index contributed by atoms with van der Waals surface area (Å²) in [5, 5.41) is 3.50. The lowest BCUT2D eigenvalue weighted by Gasteiger charge is -2.32. The molecule has 2 unspecified atom stereocenters. The molecule has 3 rings (SSSR count). The van der Waals surface area contributed by atoms with Crippen LogP contribution in [-0.2, 0) is 6.42 Å². The van der Waals surface area contributed by atoms with Gasteiger partial charge in [-0.1, -0.05) is 44.0 Å². The summed E-state index contributed by atoms with van der Waals surface area (Å²) in [6.07, 6.45) is 5.48. The molecule has 1 aromatic heterocycles. The Bertz CT molecular complexity index is 642. The van der Waals surface area contributed by atoms with Gasteiger partial charge in [0, 0.05) is 32.8 Å². The van der Waals surface area contributed by atoms with Gasteiger partial charge in [-0.15, -0.1) is 0 Å². The van der Waals surface area contributed by atoms with E-state index in [1.807, 2.05) is 19.3 Å². The third kappa shape index (κ3) is 3.08. The number of nitrogens with one attached hydrogen (secondary N) is 1. The molecule has 0 aliphatic heterocycles. The number of aromatic nitrogens is 1. The second-order valence-corrected chi connectivity index (χ2v) is 7.25. The third-order valence-corrected chi connectivity index (χ3v) is 5.43. The van der Waals surface area contributed by atoms with Gasteiger partial charge in [0.15, 0.2) is 0 Å². The van der Waals surface area contributed by atoms with Crippen LogP contribution in [0.3, 0.4) is 0 Å². The van der Waals surface area contributed by atoms with E-state index in [0.717, 1.165) is 15.4 Å². The van der Waals surface area contributed by atoms with Crippen LogP contribution in [0.15, 0.2) is 45.5 Å². The van der Waals surface area contributed by atoms with Crippen LogP contribution in [0.4, 0.5) is 0 Å². The van der Waals surface area contributed by atoms with Gasteiger partial charge in [-0.3, -0.25) is 4.98 Å². The Kier molecular flexibility index (Phi) is 4.77. The minimum absolute atomic E-state index is 0.279. The van der Waals surface area contributed by atoms with E-state index in [9.17, 15) is 0 Å². The molecule has 2 aromatic rings. The van der Waals surface area contributed by atoms with Crippen molar-refractivity contribution in [3.8, 4) is 0 Å². The monoisotopic (exact) mass is 408 g/mol. The van der Waals surface area contributed by atoms with E-state index in [2.05, 4.69) is 66.4 Å². The number of hydrogen-bond donors (Lipinski definition) is 1. The summed E-state index contributed by atoms with van der Waals surface area (Å²) in [4.78, 5) is 4.68. The summed E-state index contributed by atoms with van der Waals surface area (Å²) in [7, 11) is 2.04. The summed E-state index contributed by atoms with van der Waals surface area (Å²) in [5.74, 6) is 0.428. The zero-order valence-corrected chi connectivity index (χ0v) is 15.1. The third-order valence-electron chi connectivity index (χ3n) is 4.25. The van der Waals surface area contributed by atoms with E-state index >= 15 is 0 Å². The van der Waals surface area contributed by atoms with Crippen molar-refractivity contribution in [2.75, 3.05) is 7.05 Å². The minimum atomic E-state index is 0.279. The predicted octanol–water partition coefficient (Wildman–Crippen LogP) is 4.99. The van der Waals surface area contributed by atoms with Crippen LogP contribution in [0, 0.1) is 0 Å². The number of likely N-dealkylation sites (N-methyl/N-ethyl adjacent to an activating group) is 1. The Morgan fingerprint density at radius 1 is 1.29 bits per heavy atom. The van der Waals surface area contributed by atoms with E-state index in [0.29, 0.717) is 5.92 Å². The van der Waals surface area contributed by atoms with E-state index in [1.165, 1.54) is 29.7 Å². The molecule has 1 aromatic carbocycles. The molecule has 1 aliphatic rings. The van der Waals surface area contributed by atoms with Gasteiger partial charge >= 0.3 is 0 Å². The van der Waals surface area contributed by atoms with Crippen molar-refractivity contribution in [2.45, 2.75) is 31.2 Å². The summed E-state index contributed by atoms with van der Waals surface area (Å²) in [6.45, 7) is 0. The molecule has 21 heavy (non-hydrogen) atoms. The molecular formula is C17H18Br2N2. The highest BCUT2D eigenvalue weighted by atomic mass is 79.9. The quantitative estimate of drug-likeness (QED) is 0.772. The summed E-state index contributed by atoms with van der Waals surface area (Å²) < 4.78 is 2.23. The predicted molar refractivity (Wildman–Crippen MR) is 93.6 cm³/mol. The Labute approximate surface area is 142 Å². The lowest BCUT2D eigenvalue weighted by Crippen LogP contribution is -2.27. The highest BCUT2D eigenvalue weighted by Crippen LogP contribution is 2.41. The zero-order valence-electron chi connectivity index (χ0n) is 11.9. The first-order valence-corrected chi connectivity index (χ1v) is 8.85. The molecule has 0 fully saturated rings. The number of nitrogens with zero attached hydrogens (tertiary/aromatic N) is 1. The molecule has 2 atom stereocenters. The smallest absolute Gasteiger partial charge is 0.0485 e. The first-order valence-electron chi connectivity index (χ1n) is 7.26. The molecule has 1 N–H and O–H groups in total. The molecule has 4 heteroatoms. The molecule has 2 nitrogen and oxygen atoms in total. The van der Waals surface area contributed by atoms with E-state index in [-0.39, 0.29) is 6.04 Å². The van der Waals surface area contributed by atoms with Crippen LogP contribution in [0.1, 0.15) is 41.6 Å². The average Bonchev–Trinajstić information content (AvgIpc) is 2.50. The largest absolute Gasteiger partial charge is 0.312 e. The fourth-order valence-electron chi connectivity index (χ4n) is 3.30. The number of pyridine rings is 1. The van der Waals surface area contributed by atoms with Gasteiger partial charge in [-0.2, -0.15) is 0 Å². The fraction of sp³-hybridized carbons (Fsp3) is 0.353. The SMILES string of the molecule is CNC(c1ccc(Br)cc1Br)C1CCCc2cccnc21. The minimum Gasteiger partial charge on any atom is -0.312 e. The van der Waals surface area contributed by atoms with Gasteiger partial charge < -0.3 is 5.32 Å². The van der Waals surface area contributed by atoms with Crippen LogP contribution in [0.25, 0.3) is 0 Å². The second kappa shape index (κ2) is 6.59. The van der Waals surface area contributed by atoms with Crippen LogP contribution in [-0.4, -0.2) is 12.0 Å². The molecule has 1 aliphatic carbocycles. The van der Waals surface area contributed by atoms with E-state index in [1.54, 1.807) is 0 Å². The van der Waals surface area contributed by atoms with Crippen LogP contribution in [0.2, 0.25) is 0 Å². The van der Waals surface area contributed by atoms with Crippen molar-refractivity contribution in [2.24, 2.45) is 0 Å². The van der Waals surface area contributed by atoms with E-state index in [4.69, 9.17) is 0 Å². The van der Waals surface area contributed by atoms with Crippen molar-refractivity contribution in [3.63, 3.8) is 0 Å². The molecule has 0 bridgehead atoms. The second-order valence-electron chi connectivity index (χ2n) is 5.48. The van der Waals surface area contributed by atoms with Gasteiger partial charge in [-0.25, -0.2) is 0 Å². The first kappa shape index (κ1) is 15.2. The number of fused-ring (bicyclic) bond motifs is 1. The summed E-state index contributed by atoms with van der Waals surface area (Å²) >= 11 is 7.23. The highest BCUT2D eigenvalue weighted by Gasteiger charge is 2.30. The maximum absolute atomic E-state index is 4.68. The number of rotatable bonds is 3. The molecule has 0 saturated carbocycles. The molecule has 0 amide bonds. The molecule has 0 radical (unpaired) electrons. The number of aryl methyl sites for hydroxylation is 1. The van der Waals surface area contributed by atoms with Crippen LogP contribution < -0.4 is 5.32 Å². The topological polar surface area (TPSA) is 24.9 Å². The van der Waals surface area contributed by atoms with Crippen molar-refractivity contribution in [1.29, 1.82) is 0 Å². The van der Waals surface area contributed by atoms with Crippen molar-refractivity contribution < 1.29 is 0 Å². The summed E-state index contributed by atoms with van der Waals surface area (Å²) in [5.41, 5.74) is 3.96. The number of benzene rings is 1. The van der Waals surface area contributed by atoms with Crippen molar-refractivity contribution in [3.05, 3.63) is 62.3 Å². The first-order chi connectivity index (χ1) is 10.2. The van der Waals surface area contributed by atoms with Gasteiger partial charge in [0.25, 0.3) is 0 Å². The lowest BCUT2D eigenvalue weighted by molar-refractivity contribution is 0.415. The van der Waals surface area contributed by atoms with Crippen LogP contribution in [0.5, 0.6) is 0 Å². The Morgan fingerprint density at radius 3 is 2.90 bits per heavy atom. The summed E-state index contributed by atoms with van der Waals surface area (Å²) in [6, 6.07) is 10.9. The van der Waals surface area contributed by atoms with Gasteiger partial charge in [-0.05, 0) is 55.6 Å². The zero-order chi connectivity index (χ0) is 14.8. The average molecular weight is 410 g/mol. The normalized spacial score (nSPS) is 19.1. The fourth-order valence-corrected chi connectivity index (χ4v) is 4.59.